The third-order valence-electron chi connectivity index (χ3n) is 5.60. The molecule has 1 amide bonds. The lowest BCUT2D eigenvalue weighted by Gasteiger charge is -2.55. The van der Waals surface area contributed by atoms with E-state index in [1.165, 1.54) is 19.3 Å². The predicted octanol–water partition coefficient (Wildman–Crippen LogP) is 4.60. The number of halogens is 1. The van der Waals surface area contributed by atoms with Gasteiger partial charge in [0.25, 0.3) is 0 Å². The Balaban J connectivity index is 1.56. The summed E-state index contributed by atoms with van der Waals surface area (Å²) in [6.45, 7) is 0. The molecule has 1 aromatic carbocycles. The Kier molecular flexibility index (Phi) is 2.95. The molecule has 4 fully saturated rings. The maximum absolute atomic E-state index is 12.9. The van der Waals surface area contributed by atoms with Crippen LogP contribution in [-0.2, 0) is 4.79 Å². The molecule has 20 heavy (non-hydrogen) atoms. The number of hydrogen-bond acceptors (Lipinski definition) is 1. The molecule has 1 N–H and O–H groups in total. The summed E-state index contributed by atoms with van der Waals surface area (Å²) in [7, 11) is 0. The van der Waals surface area contributed by atoms with Gasteiger partial charge in [-0.05, 0) is 74.5 Å². The number of carbonyl (C=O) groups is 1. The van der Waals surface area contributed by atoms with Gasteiger partial charge in [-0.2, -0.15) is 0 Å². The maximum atomic E-state index is 12.9. The highest BCUT2D eigenvalue weighted by Crippen LogP contribution is 2.60. The van der Waals surface area contributed by atoms with Gasteiger partial charge >= 0.3 is 0 Å². The summed E-state index contributed by atoms with van der Waals surface area (Å²) in [5.41, 5.74) is 0.858. The minimum Gasteiger partial charge on any atom is -0.326 e. The molecule has 0 saturated heterocycles. The summed E-state index contributed by atoms with van der Waals surface area (Å²) in [5.74, 6) is 2.72. The smallest absolute Gasteiger partial charge is 0.230 e. The Labute approximate surface area is 128 Å². The highest BCUT2D eigenvalue weighted by atomic mass is 79.9. The molecule has 2 nitrogen and oxygen atoms in total. The first kappa shape index (κ1) is 12.9. The molecule has 0 spiro atoms. The van der Waals surface area contributed by atoms with Crippen LogP contribution in [0.2, 0.25) is 0 Å². The predicted molar refractivity (Wildman–Crippen MR) is 83.4 cm³/mol. The third kappa shape index (κ3) is 2.11. The van der Waals surface area contributed by atoms with Gasteiger partial charge in [-0.1, -0.05) is 22.0 Å². The summed E-state index contributed by atoms with van der Waals surface area (Å²) in [6, 6.07) is 7.92. The molecule has 0 aliphatic heterocycles. The second kappa shape index (κ2) is 4.59. The normalized spacial score (nSPS) is 38.0. The Bertz CT molecular complexity index is 518. The van der Waals surface area contributed by atoms with E-state index in [0.717, 1.165) is 47.2 Å². The monoisotopic (exact) mass is 333 g/mol. The van der Waals surface area contributed by atoms with E-state index in [1.54, 1.807) is 0 Å². The second-order valence-electron chi connectivity index (χ2n) is 7.16. The van der Waals surface area contributed by atoms with Gasteiger partial charge in [0.05, 0.1) is 5.41 Å². The Morgan fingerprint density at radius 2 is 1.70 bits per heavy atom. The van der Waals surface area contributed by atoms with Gasteiger partial charge < -0.3 is 5.32 Å². The summed E-state index contributed by atoms with van der Waals surface area (Å²) >= 11 is 3.46. The topological polar surface area (TPSA) is 29.1 Å². The van der Waals surface area contributed by atoms with E-state index in [9.17, 15) is 4.79 Å². The summed E-state index contributed by atoms with van der Waals surface area (Å²) in [4.78, 5) is 12.9. The summed E-state index contributed by atoms with van der Waals surface area (Å²) in [6.07, 6.45) is 7.51. The van der Waals surface area contributed by atoms with Crippen LogP contribution in [-0.4, -0.2) is 5.91 Å². The zero-order chi connectivity index (χ0) is 13.7. The Hall–Kier alpha value is -0.830. The molecule has 5 rings (SSSR count). The SMILES string of the molecule is O=C(Nc1cccc(Br)c1)C12CC3CC(CC(C3)C1)C2. The highest BCUT2D eigenvalue weighted by Gasteiger charge is 2.54. The van der Waals surface area contributed by atoms with Crippen LogP contribution in [0.4, 0.5) is 5.69 Å². The van der Waals surface area contributed by atoms with Gasteiger partial charge in [0, 0.05) is 10.2 Å². The highest BCUT2D eigenvalue weighted by molar-refractivity contribution is 9.10. The zero-order valence-electron chi connectivity index (χ0n) is 11.6. The average molecular weight is 334 g/mol. The molecule has 106 valence electrons. The van der Waals surface area contributed by atoms with Crippen molar-refractivity contribution in [3.8, 4) is 0 Å². The van der Waals surface area contributed by atoms with E-state index in [4.69, 9.17) is 0 Å². The Morgan fingerprint density at radius 1 is 1.10 bits per heavy atom. The van der Waals surface area contributed by atoms with Crippen LogP contribution in [0.3, 0.4) is 0 Å². The number of anilines is 1. The van der Waals surface area contributed by atoms with E-state index in [-0.39, 0.29) is 11.3 Å². The average Bonchev–Trinajstić information content (AvgIpc) is 2.37. The van der Waals surface area contributed by atoms with Crippen LogP contribution in [0.25, 0.3) is 0 Å². The van der Waals surface area contributed by atoms with Crippen molar-refractivity contribution in [3.05, 3.63) is 28.7 Å². The van der Waals surface area contributed by atoms with Crippen molar-refractivity contribution in [2.75, 3.05) is 5.32 Å². The third-order valence-corrected chi connectivity index (χ3v) is 6.10. The number of rotatable bonds is 2. The first-order valence-electron chi connectivity index (χ1n) is 7.70. The van der Waals surface area contributed by atoms with Crippen molar-refractivity contribution in [1.29, 1.82) is 0 Å². The van der Waals surface area contributed by atoms with E-state index in [1.807, 2.05) is 24.3 Å². The van der Waals surface area contributed by atoms with Crippen molar-refractivity contribution in [2.24, 2.45) is 23.2 Å². The molecule has 0 atom stereocenters. The number of carbonyl (C=O) groups excluding carboxylic acids is 1. The van der Waals surface area contributed by atoms with Crippen LogP contribution >= 0.6 is 15.9 Å². The van der Waals surface area contributed by atoms with Gasteiger partial charge in [0.2, 0.25) is 5.91 Å². The standard InChI is InChI=1S/C17H20BrNO/c18-14-2-1-3-15(7-14)19-16(20)17-8-11-4-12(9-17)6-13(5-11)10-17/h1-3,7,11-13H,4-6,8-10H2,(H,19,20). The van der Waals surface area contributed by atoms with E-state index >= 15 is 0 Å². The van der Waals surface area contributed by atoms with E-state index in [2.05, 4.69) is 21.2 Å². The lowest BCUT2D eigenvalue weighted by atomic mass is 9.49. The molecule has 0 heterocycles. The fraction of sp³-hybridized carbons (Fsp3) is 0.588. The summed E-state index contributed by atoms with van der Waals surface area (Å²) < 4.78 is 1.01. The van der Waals surface area contributed by atoms with Crippen LogP contribution in [0.5, 0.6) is 0 Å². The molecule has 4 aliphatic carbocycles. The quantitative estimate of drug-likeness (QED) is 0.841. The fourth-order valence-electron chi connectivity index (χ4n) is 5.22. The van der Waals surface area contributed by atoms with Gasteiger partial charge in [-0.3, -0.25) is 4.79 Å². The van der Waals surface area contributed by atoms with Gasteiger partial charge in [0.15, 0.2) is 0 Å². The van der Waals surface area contributed by atoms with Gasteiger partial charge in [-0.25, -0.2) is 0 Å². The molecular formula is C17H20BrNO. The molecule has 4 bridgehead atoms. The van der Waals surface area contributed by atoms with Crippen LogP contribution in [0, 0.1) is 23.2 Å². The largest absolute Gasteiger partial charge is 0.326 e. The van der Waals surface area contributed by atoms with E-state index < -0.39 is 0 Å². The van der Waals surface area contributed by atoms with Crippen LogP contribution in [0.1, 0.15) is 38.5 Å². The minimum atomic E-state index is -0.0585. The maximum Gasteiger partial charge on any atom is 0.230 e. The van der Waals surface area contributed by atoms with E-state index in [0.29, 0.717) is 0 Å². The first-order chi connectivity index (χ1) is 9.63. The van der Waals surface area contributed by atoms with Gasteiger partial charge in [-0.15, -0.1) is 0 Å². The number of nitrogens with one attached hydrogen (secondary N) is 1. The Morgan fingerprint density at radius 3 is 2.25 bits per heavy atom. The second-order valence-corrected chi connectivity index (χ2v) is 8.08. The van der Waals surface area contributed by atoms with Crippen molar-refractivity contribution >= 4 is 27.5 Å². The lowest BCUT2D eigenvalue weighted by molar-refractivity contribution is -0.140. The van der Waals surface area contributed by atoms with Crippen molar-refractivity contribution in [1.82, 2.24) is 0 Å². The minimum absolute atomic E-state index is 0.0585. The molecule has 0 aromatic heterocycles. The fourth-order valence-corrected chi connectivity index (χ4v) is 5.62. The van der Waals surface area contributed by atoms with Gasteiger partial charge in [0.1, 0.15) is 0 Å². The van der Waals surface area contributed by atoms with Crippen LogP contribution in [0.15, 0.2) is 28.7 Å². The zero-order valence-corrected chi connectivity index (χ0v) is 13.2. The van der Waals surface area contributed by atoms with Crippen LogP contribution < -0.4 is 5.32 Å². The van der Waals surface area contributed by atoms with Crippen molar-refractivity contribution in [2.45, 2.75) is 38.5 Å². The summed E-state index contributed by atoms with van der Waals surface area (Å²) in [5, 5.41) is 3.17. The molecule has 0 unspecified atom stereocenters. The first-order valence-corrected chi connectivity index (χ1v) is 8.49. The van der Waals surface area contributed by atoms with Crippen molar-refractivity contribution < 1.29 is 4.79 Å². The van der Waals surface area contributed by atoms with Crippen molar-refractivity contribution in [3.63, 3.8) is 0 Å². The molecule has 4 aliphatic rings. The molecule has 4 saturated carbocycles. The molecule has 0 radical (unpaired) electrons. The molecule has 3 heteroatoms. The molecule has 1 aromatic rings. The molecular weight excluding hydrogens is 314 g/mol. The number of amides is 1. The lowest BCUT2D eigenvalue weighted by Crippen LogP contribution is -2.51. The number of benzene rings is 1. The number of hydrogen-bond donors (Lipinski definition) is 1.